The Bertz CT molecular complexity index is 955. The molecule has 7 heteroatoms. The van der Waals surface area contributed by atoms with Crippen molar-refractivity contribution < 1.29 is 34.1 Å². The molecule has 0 aromatic carbocycles. The zero-order valence-electron chi connectivity index (χ0n) is 32.7. The summed E-state index contributed by atoms with van der Waals surface area (Å²) in [7, 11) is 0. The zero-order chi connectivity index (χ0) is 37.2. The first kappa shape index (κ1) is 46.8. The second kappa shape index (κ2) is 33.6. The van der Waals surface area contributed by atoms with E-state index in [-0.39, 0.29) is 36.6 Å². The van der Waals surface area contributed by atoms with Gasteiger partial charge in [0.2, 0.25) is 0 Å². The number of carbonyl (C=O) groups is 3. The van der Waals surface area contributed by atoms with E-state index in [1.54, 1.807) is 12.2 Å². The molecule has 1 aliphatic rings. The van der Waals surface area contributed by atoms with Crippen molar-refractivity contribution in [3.05, 3.63) is 36.5 Å². The lowest BCUT2D eigenvalue weighted by molar-refractivity contribution is -0.161. The smallest absolute Gasteiger partial charge is 0.306 e. The van der Waals surface area contributed by atoms with Crippen molar-refractivity contribution in [1.29, 1.82) is 0 Å². The monoisotopic (exact) mass is 717 g/mol. The predicted molar refractivity (Wildman–Crippen MR) is 209 cm³/mol. The van der Waals surface area contributed by atoms with Crippen LogP contribution in [0.1, 0.15) is 187 Å². The third-order valence-corrected chi connectivity index (χ3v) is 9.93. The molecule has 7 nitrogen and oxygen atoms in total. The third kappa shape index (κ3) is 27.1. The van der Waals surface area contributed by atoms with E-state index < -0.39 is 24.8 Å². The number of hydrogen-bond acceptors (Lipinski definition) is 7. The van der Waals surface area contributed by atoms with Gasteiger partial charge in [0.05, 0.1) is 12.7 Å². The number of unbranched alkanes of at least 4 members (excludes halogenated alkanes) is 20. The summed E-state index contributed by atoms with van der Waals surface area (Å²) in [6, 6.07) is 0. The lowest BCUT2D eigenvalue weighted by atomic mass is 9.90. The SMILES string of the molecule is CCCCCCCCCCCCCCCCCCCCC(=O)OC[C@H](CO)OC(=O)CCC/C=C\C[C@H]1C=CC(=O)[C@@H]1/C=C/[C@@H](O)CCCCC. The van der Waals surface area contributed by atoms with Gasteiger partial charge in [0.1, 0.15) is 6.61 Å². The summed E-state index contributed by atoms with van der Waals surface area (Å²) in [6.07, 6.45) is 39.7. The van der Waals surface area contributed by atoms with Gasteiger partial charge in [-0.15, -0.1) is 0 Å². The fraction of sp³-hybridized carbons (Fsp3) is 0.795. The summed E-state index contributed by atoms with van der Waals surface area (Å²) in [6.45, 7) is 3.89. The Morgan fingerprint density at radius 2 is 1.25 bits per heavy atom. The summed E-state index contributed by atoms with van der Waals surface area (Å²) in [5, 5.41) is 19.8. The molecule has 0 aromatic rings. The van der Waals surface area contributed by atoms with Crippen molar-refractivity contribution >= 4 is 17.7 Å². The number of allylic oxidation sites excluding steroid dienone is 5. The van der Waals surface area contributed by atoms with Crippen LogP contribution in [0.15, 0.2) is 36.5 Å². The molecule has 0 spiro atoms. The Balaban J connectivity index is 2.02. The molecule has 294 valence electrons. The summed E-state index contributed by atoms with van der Waals surface area (Å²) < 4.78 is 10.6. The van der Waals surface area contributed by atoms with Gasteiger partial charge in [-0.3, -0.25) is 14.4 Å². The number of esters is 2. The maximum atomic E-state index is 12.3. The highest BCUT2D eigenvalue weighted by molar-refractivity contribution is 5.95. The molecule has 0 unspecified atom stereocenters. The Morgan fingerprint density at radius 3 is 1.82 bits per heavy atom. The Labute approximate surface area is 312 Å². The Hall–Kier alpha value is -2.25. The van der Waals surface area contributed by atoms with Crippen molar-refractivity contribution in [3.8, 4) is 0 Å². The van der Waals surface area contributed by atoms with Crippen LogP contribution >= 0.6 is 0 Å². The van der Waals surface area contributed by atoms with Crippen molar-refractivity contribution in [1.82, 2.24) is 0 Å². The number of ether oxygens (including phenoxy) is 2. The standard InChI is InChI=1S/C44H76O7/c1-3-5-7-8-9-10-11-12-13-14-15-16-17-18-19-20-21-26-30-43(48)50-37-40(36-45)51-44(49)31-27-23-22-25-28-38-32-35-42(47)41(38)34-33-39(46)29-24-6-4-2/h22,25,32-35,38-41,45-46H,3-21,23-24,26-31,36-37H2,1-2H3/b25-22-,34-33+/t38-,39-,40-,41+/m0/s1. The van der Waals surface area contributed by atoms with Crippen LogP contribution < -0.4 is 0 Å². The van der Waals surface area contributed by atoms with Crippen LogP contribution in [0.2, 0.25) is 0 Å². The molecule has 0 aliphatic heterocycles. The van der Waals surface area contributed by atoms with E-state index in [2.05, 4.69) is 13.8 Å². The molecule has 51 heavy (non-hydrogen) atoms. The average molecular weight is 717 g/mol. The van der Waals surface area contributed by atoms with E-state index in [1.807, 2.05) is 24.3 Å². The molecule has 0 fully saturated rings. The number of aliphatic hydroxyl groups is 2. The summed E-state index contributed by atoms with van der Waals surface area (Å²) in [5.74, 6) is -0.828. The van der Waals surface area contributed by atoms with Crippen LogP contribution in [0.25, 0.3) is 0 Å². The van der Waals surface area contributed by atoms with E-state index in [4.69, 9.17) is 9.47 Å². The van der Waals surface area contributed by atoms with Crippen molar-refractivity contribution in [2.45, 2.75) is 199 Å². The minimum atomic E-state index is -0.848. The van der Waals surface area contributed by atoms with E-state index >= 15 is 0 Å². The van der Waals surface area contributed by atoms with E-state index in [0.717, 1.165) is 44.9 Å². The van der Waals surface area contributed by atoms with Crippen LogP contribution in [0.3, 0.4) is 0 Å². The van der Waals surface area contributed by atoms with Gasteiger partial charge in [-0.25, -0.2) is 0 Å². The van der Waals surface area contributed by atoms with Crippen LogP contribution in [0.5, 0.6) is 0 Å². The summed E-state index contributed by atoms with van der Waals surface area (Å²) in [5.41, 5.74) is 0. The lowest BCUT2D eigenvalue weighted by Gasteiger charge is -2.15. The maximum Gasteiger partial charge on any atom is 0.306 e. The number of ketones is 1. The first-order valence-corrected chi connectivity index (χ1v) is 21.1. The van der Waals surface area contributed by atoms with Crippen LogP contribution in [0.4, 0.5) is 0 Å². The Morgan fingerprint density at radius 1 is 0.725 bits per heavy atom. The lowest BCUT2D eigenvalue weighted by Crippen LogP contribution is -2.28. The number of carbonyl (C=O) groups excluding carboxylic acids is 3. The second-order valence-corrected chi connectivity index (χ2v) is 14.7. The van der Waals surface area contributed by atoms with Gasteiger partial charge < -0.3 is 19.7 Å². The molecule has 0 bridgehead atoms. The highest BCUT2D eigenvalue weighted by Gasteiger charge is 2.27. The Kier molecular flexibility index (Phi) is 30.8. The maximum absolute atomic E-state index is 12.3. The van der Waals surface area contributed by atoms with Gasteiger partial charge in [-0.1, -0.05) is 173 Å². The fourth-order valence-electron chi connectivity index (χ4n) is 6.60. The van der Waals surface area contributed by atoms with Gasteiger partial charge in [0.25, 0.3) is 0 Å². The molecule has 4 atom stereocenters. The number of hydrogen-bond donors (Lipinski definition) is 2. The molecular formula is C44H76O7. The van der Waals surface area contributed by atoms with Crippen LogP contribution in [-0.4, -0.2) is 53.4 Å². The summed E-state index contributed by atoms with van der Waals surface area (Å²) in [4.78, 5) is 36.7. The highest BCUT2D eigenvalue weighted by atomic mass is 16.6. The molecular weight excluding hydrogens is 640 g/mol. The highest BCUT2D eigenvalue weighted by Crippen LogP contribution is 2.27. The molecule has 2 N–H and O–H groups in total. The van der Waals surface area contributed by atoms with Gasteiger partial charge in [0.15, 0.2) is 11.9 Å². The molecule has 1 rings (SSSR count). The van der Waals surface area contributed by atoms with Gasteiger partial charge >= 0.3 is 11.9 Å². The van der Waals surface area contributed by atoms with Crippen LogP contribution in [0, 0.1) is 11.8 Å². The number of aliphatic hydroxyl groups excluding tert-OH is 2. The minimum Gasteiger partial charge on any atom is -0.462 e. The zero-order valence-corrected chi connectivity index (χ0v) is 32.7. The minimum absolute atomic E-state index is 0.0721. The molecule has 0 saturated heterocycles. The fourth-order valence-corrected chi connectivity index (χ4v) is 6.60. The van der Waals surface area contributed by atoms with Crippen molar-refractivity contribution in [2.75, 3.05) is 13.2 Å². The molecule has 0 aromatic heterocycles. The van der Waals surface area contributed by atoms with Crippen molar-refractivity contribution in [2.24, 2.45) is 11.8 Å². The molecule has 0 saturated carbocycles. The van der Waals surface area contributed by atoms with E-state index in [1.165, 1.54) is 96.3 Å². The molecule has 1 aliphatic carbocycles. The third-order valence-electron chi connectivity index (χ3n) is 9.93. The summed E-state index contributed by atoms with van der Waals surface area (Å²) >= 11 is 0. The van der Waals surface area contributed by atoms with E-state index in [0.29, 0.717) is 25.7 Å². The predicted octanol–water partition coefficient (Wildman–Crippen LogP) is 10.9. The largest absolute Gasteiger partial charge is 0.462 e. The first-order chi connectivity index (χ1) is 24.9. The first-order valence-electron chi connectivity index (χ1n) is 21.1. The second-order valence-electron chi connectivity index (χ2n) is 14.7. The molecule has 0 radical (unpaired) electrons. The van der Waals surface area contributed by atoms with Gasteiger partial charge in [0, 0.05) is 18.8 Å². The quantitative estimate of drug-likeness (QED) is 0.0381. The van der Waals surface area contributed by atoms with E-state index in [9.17, 15) is 24.6 Å². The number of rotatable bonds is 35. The average Bonchev–Trinajstić information content (AvgIpc) is 3.48. The van der Waals surface area contributed by atoms with Crippen molar-refractivity contribution in [3.63, 3.8) is 0 Å². The molecule has 0 heterocycles. The van der Waals surface area contributed by atoms with Gasteiger partial charge in [-0.05, 0) is 44.1 Å². The van der Waals surface area contributed by atoms with Gasteiger partial charge in [-0.2, -0.15) is 0 Å². The topological polar surface area (TPSA) is 110 Å². The molecule has 0 amide bonds. The van der Waals surface area contributed by atoms with Crippen LogP contribution in [-0.2, 0) is 23.9 Å². The normalized spacial score (nSPS) is 17.1.